The summed E-state index contributed by atoms with van der Waals surface area (Å²) in [5, 5.41) is 10.6. The minimum Gasteiger partial charge on any atom is -0.481 e. The van der Waals surface area contributed by atoms with Gasteiger partial charge in [0.2, 0.25) is 6.41 Å². The molecule has 0 aliphatic carbocycles. The molecule has 5 nitrogen and oxygen atoms in total. The van der Waals surface area contributed by atoms with Gasteiger partial charge >= 0.3 is 5.97 Å². The second-order valence-corrected chi connectivity index (χ2v) is 2.01. The number of carbonyl (C=O) groups excluding carboxylic acids is 2. The second-order valence-electron chi connectivity index (χ2n) is 2.01. The van der Waals surface area contributed by atoms with Crippen LogP contribution >= 0.6 is 0 Å². The summed E-state index contributed by atoms with van der Waals surface area (Å²) in [7, 11) is 0. The molecule has 0 aromatic carbocycles. The van der Waals surface area contributed by atoms with Gasteiger partial charge in [0.15, 0.2) is 0 Å². The Morgan fingerprint density at radius 1 is 1.50 bits per heavy atom. The van der Waals surface area contributed by atoms with E-state index in [1.54, 1.807) is 0 Å². The van der Waals surface area contributed by atoms with Crippen LogP contribution in [0.5, 0.6) is 0 Å². The van der Waals surface area contributed by atoms with Crippen molar-refractivity contribution in [3.05, 3.63) is 12.2 Å². The van der Waals surface area contributed by atoms with Crippen LogP contribution in [0.1, 0.15) is 6.42 Å². The molecule has 0 aliphatic heterocycles. The normalized spacial score (nSPS) is 12.3. The molecule has 66 valence electrons. The van der Waals surface area contributed by atoms with Crippen LogP contribution in [0.4, 0.5) is 0 Å². The number of allylic oxidation sites excluding steroid dienone is 1. The third-order valence-corrected chi connectivity index (χ3v) is 1.10. The number of aliphatic carboxylic acids is 1. The van der Waals surface area contributed by atoms with E-state index in [0.29, 0.717) is 12.7 Å². The number of aldehydes is 1. The summed E-state index contributed by atoms with van der Waals surface area (Å²) in [6, 6.07) is -0.620. The number of nitrogens with one attached hydrogen (secondary N) is 1. The fourth-order valence-electron chi connectivity index (χ4n) is 0.638. The highest BCUT2D eigenvalue weighted by atomic mass is 16.4. The Morgan fingerprint density at radius 2 is 2.17 bits per heavy atom. The Kier molecular flexibility index (Phi) is 5.25. The van der Waals surface area contributed by atoms with Crippen LogP contribution in [-0.2, 0) is 14.4 Å². The smallest absolute Gasteiger partial charge is 0.305 e. The maximum absolute atomic E-state index is 10.2. The Labute approximate surface area is 69.1 Å². The van der Waals surface area contributed by atoms with Gasteiger partial charge in [-0.2, -0.15) is 0 Å². The maximum atomic E-state index is 10.2. The van der Waals surface area contributed by atoms with Crippen LogP contribution < -0.4 is 5.32 Å². The van der Waals surface area contributed by atoms with Crippen molar-refractivity contribution in [2.75, 3.05) is 0 Å². The molecule has 2 N–H and O–H groups in total. The van der Waals surface area contributed by atoms with Crippen LogP contribution in [0.3, 0.4) is 0 Å². The topological polar surface area (TPSA) is 83.5 Å². The molecular formula is C7H9NO4. The van der Waals surface area contributed by atoms with E-state index in [-0.39, 0.29) is 6.42 Å². The number of carboxylic acids is 1. The van der Waals surface area contributed by atoms with E-state index in [9.17, 15) is 14.4 Å². The van der Waals surface area contributed by atoms with Crippen molar-refractivity contribution in [1.29, 1.82) is 0 Å². The Morgan fingerprint density at radius 3 is 2.58 bits per heavy atom. The van der Waals surface area contributed by atoms with E-state index in [4.69, 9.17) is 5.11 Å². The van der Waals surface area contributed by atoms with Gasteiger partial charge in [0.1, 0.15) is 6.29 Å². The van der Waals surface area contributed by atoms with Gasteiger partial charge in [-0.15, -0.1) is 0 Å². The predicted octanol–water partition coefficient (Wildman–Crippen LogP) is -0.669. The molecule has 1 atom stereocenters. The lowest BCUT2D eigenvalue weighted by Gasteiger charge is -2.06. The standard InChI is InChI=1S/C7H9NO4/c9-3-1-2-6(8-5-10)4-7(11)12/h1-3,5-6H,4H2,(H,8,10)(H,11,12)/b2-1+/t6-/m1/s1. The van der Waals surface area contributed by atoms with Crippen molar-refractivity contribution in [2.45, 2.75) is 12.5 Å². The van der Waals surface area contributed by atoms with Gasteiger partial charge in [-0.1, -0.05) is 6.08 Å². The summed E-state index contributed by atoms with van der Waals surface area (Å²) in [5.41, 5.74) is 0. The van der Waals surface area contributed by atoms with Crippen molar-refractivity contribution in [3.63, 3.8) is 0 Å². The maximum Gasteiger partial charge on any atom is 0.305 e. The van der Waals surface area contributed by atoms with Gasteiger partial charge in [-0.3, -0.25) is 14.4 Å². The summed E-state index contributed by atoms with van der Waals surface area (Å²) in [5.74, 6) is -1.04. The third-order valence-electron chi connectivity index (χ3n) is 1.10. The molecule has 0 rings (SSSR count). The van der Waals surface area contributed by atoms with Crippen LogP contribution in [0, 0.1) is 0 Å². The molecule has 0 saturated heterocycles. The Bertz CT molecular complexity index is 200. The number of amides is 1. The van der Waals surface area contributed by atoms with Crippen molar-refractivity contribution in [2.24, 2.45) is 0 Å². The first-order valence-corrected chi connectivity index (χ1v) is 3.24. The van der Waals surface area contributed by atoms with Gasteiger partial charge in [0.25, 0.3) is 0 Å². The van der Waals surface area contributed by atoms with E-state index >= 15 is 0 Å². The number of rotatable bonds is 6. The first-order valence-electron chi connectivity index (χ1n) is 3.24. The lowest BCUT2D eigenvalue weighted by atomic mass is 10.2. The lowest BCUT2D eigenvalue weighted by Crippen LogP contribution is -2.28. The molecule has 0 aromatic heterocycles. The minimum atomic E-state index is -1.04. The highest BCUT2D eigenvalue weighted by Crippen LogP contribution is 1.92. The molecule has 5 heteroatoms. The molecule has 0 spiro atoms. The number of carbonyl (C=O) groups is 3. The zero-order chi connectivity index (χ0) is 9.40. The van der Waals surface area contributed by atoms with Crippen LogP contribution in [0.25, 0.3) is 0 Å². The highest BCUT2D eigenvalue weighted by Gasteiger charge is 2.07. The van der Waals surface area contributed by atoms with Gasteiger partial charge in [0, 0.05) is 0 Å². The van der Waals surface area contributed by atoms with Gasteiger partial charge in [0.05, 0.1) is 12.5 Å². The second kappa shape index (κ2) is 6.09. The van der Waals surface area contributed by atoms with E-state index in [0.717, 1.165) is 6.08 Å². The average Bonchev–Trinajstić information content (AvgIpc) is 2.00. The Hall–Kier alpha value is -1.65. The molecule has 0 heterocycles. The van der Waals surface area contributed by atoms with E-state index in [2.05, 4.69) is 5.32 Å². The van der Waals surface area contributed by atoms with E-state index in [1.165, 1.54) is 6.08 Å². The van der Waals surface area contributed by atoms with Gasteiger partial charge in [-0.05, 0) is 6.08 Å². The zero-order valence-electron chi connectivity index (χ0n) is 6.27. The van der Waals surface area contributed by atoms with Crippen molar-refractivity contribution >= 4 is 18.7 Å². The number of hydrogen-bond acceptors (Lipinski definition) is 3. The van der Waals surface area contributed by atoms with E-state index < -0.39 is 12.0 Å². The first kappa shape index (κ1) is 10.3. The molecule has 0 unspecified atom stereocenters. The molecule has 0 aromatic rings. The summed E-state index contributed by atoms with van der Waals surface area (Å²) in [6.07, 6.45) is 3.13. The lowest BCUT2D eigenvalue weighted by molar-refractivity contribution is -0.137. The fraction of sp³-hybridized carbons (Fsp3) is 0.286. The molecule has 0 radical (unpaired) electrons. The molecule has 0 saturated carbocycles. The largest absolute Gasteiger partial charge is 0.481 e. The first-order chi connectivity index (χ1) is 5.70. The summed E-state index contributed by atoms with van der Waals surface area (Å²) in [4.78, 5) is 30.0. The Balaban J connectivity index is 4.01. The molecule has 1 amide bonds. The summed E-state index contributed by atoms with van der Waals surface area (Å²) >= 11 is 0. The van der Waals surface area contributed by atoms with Gasteiger partial charge < -0.3 is 10.4 Å². The molecule has 0 fully saturated rings. The minimum absolute atomic E-state index is 0.233. The third kappa shape index (κ3) is 5.16. The molecule has 12 heavy (non-hydrogen) atoms. The summed E-state index contributed by atoms with van der Waals surface area (Å²) < 4.78 is 0. The highest BCUT2D eigenvalue weighted by molar-refractivity contribution is 5.70. The van der Waals surface area contributed by atoms with Gasteiger partial charge in [-0.25, -0.2) is 0 Å². The van der Waals surface area contributed by atoms with Crippen LogP contribution in [0.2, 0.25) is 0 Å². The zero-order valence-corrected chi connectivity index (χ0v) is 6.27. The van der Waals surface area contributed by atoms with Crippen molar-refractivity contribution in [1.82, 2.24) is 5.32 Å². The monoisotopic (exact) mass is 171 g/mol. The molecular weight excluding hydrogens is 162 g/mol. The average molecular weight is 171 g/mol. The van der Waals surface area contributed by atoms with Crippen molar-refractivity contribution < 1.29 is 19.5 Å². The van der Waals surface area contributed by atoms with Crippen LogP contribution in [-0.4, -0.2) is 29.8 Å². The quantitative estimate of drug-likeness (QED) is 0.410. The number of carboxylic acid groups (broad SMARTS) is 1. The van der Waals surface area contributed by atoms with Crippen molar-refractivity contribution in [3.8, 4) is 0 Å². The molecule has 0 aliphatic rings. The van der Waals surface area contributed by atoms with E-state index in [1.807, 2.05) is 0 Å². The number of hydrogen-bond donors (Lipinski definition) is 2. The fourth-order valence-corrected chi connectivity index (χ4v) is 0.638. The SMILES string of the molecule is O=C/C=C/[C@H](CC(=O)O)NC=O. The molecule has 0 bridgehead atoms. The summed E-state index contributed by atoms with van der Waals surface area (Å²) in [6.45, 7) is 0. The predicted molar refractivity (Wildman–Crippen MR) is 40.4 cm³/mol. The van der Waals surface area contributed by atoms with Crippen LogP contribution in [0.15, 0.2) is 12.2 Å².